The highest BCUT2D eigenvalue weighted by molar-refractivity contribution is 6.30. The summed E-state index contributed by atoms with van der Waals surface area (Å²) in [5, 5.41) is 0.610. The van der Waals surface area contributed by atoms with Crippen LogP contribution < -0.4 is 4.74 Å². The van der Waals surface area contributed by atoms with E-state index in [1.807, 2.05) is 22.9 Å². The molecule has 3 rings (SSSR count). The van der Waals surface area contributed by atoms with E-state index in [0.717, 1.165) is 11.3 Å². The van der Waals surface area contributed by atoms with Gasteiger partial charge in [0.05, 0.1) is 6.54 Å². The van der Waals surface area contributed by atoms with Crippen LogP contribution in [0.1, 0.15) is 11.3 Å². The third-order valence-corrected chi connectivity index (χ3v) is 4.67. The normalized spacial score (nSPS) is 10.6. The van der Waals surface area contributed by atoms with Crippen LogP contribution in [0.3, 0.4) is 0 Å². The molecule has 150 valence electrons. The number of benzene rings is 2. The van der Waals surface area contributed by atoms with Crippen LogP contribution in [-0.4, -0.2) is 28.5 Å². The molecule has 0 N–H and O–H groups in total. The number of hydrogen-bond acceptors (Lipinski definition) is 2. The summed E-state index contributed by atoms with van der Waals surface area (Å²) in [6.07, 6.45) is 3.63. The smallest absolute Gasteiger partial charge is 0.261 e. The number of carbonyl (C=O) groups excluding carboxylic acids is 1. The minimum atomic E-state index is -0.259. The zero-order valence-corrected chi connectivity index (χ0v) is 16.7. The Kier molecular flexibility index (Phi) is 7.09. The lowest BCUT2D eigenvalue weighted by atomic mass is 10.2. The number of aromatic nitrogens is 1. The van der Waals surface area contributed by atoms with E-state index in [9.17, 15) is 9.18 Å². The fraction of sp³-hybridized carbons (Fsp3) is 0.174. The van der Waals surface area contributed by atoms with Crippen molar-refractivity contribution in [2.45, 2.75) is 13.1 Å². The summed E-state index contributed by atoms with van der Waals surface area (Å²) in [5.41, 5.74) is 1.95. The Morgan fingerprint density at radius 3 is 2.55 bits per heavy atom. The molecule has 0 atom stereocenters. The Morgan fingerprint density at radius 2 is 1.86 bits per heavy atom. The van der Waals surface area contributed by atoms with E-state index in [4.69, 9.17) is 16.3 Å². The largest absolute Gasteiger partial charge is 0.484 e. The van der Waals surface area contributed by atoms with Gasteiger partial charge in [0.25, 0.3) is 5.91 Å². The first-order valence-corrected chi connectivity index (χ1v) is 9.58. The number of carbonyl (C=O) groups is 1. The minimum absolute atomic E-state index is 0.0753. The molecule has 0 bridgehead atoms. The monoisotopic (exact) mass is 412 g/mol. The predicted molar refractivity (Wildman–Crippen MR) is 112 cm³/mol. The van der Waals surface area contributed by atoms with Gasteiger partial charge in [-0.15, -0.1) is 6.58 Å². The fourth-order valence-electron chi connectivity index (χ4n) is 2.91. The van der Waals surface area contributed by atoms with Crippen LogP contribution in [-0.2, 0) is 17.9 Å². The summed E-state index contributed by atoms with van der Waals surface area (Å²) in [6.45, 7) is 5.10. The van der Waals surface area contributed by atoms with Crippen molar-refractivity contribution in [3.63, 3.8) is 0 Å². The first-order valence-electron chi connectivity index (χ1n) is 9.20. The summed E-state index contributed by atoms with van der Waals surface area (Å²) < 4.78 is 20.7. The SMILES string of the molecule is C=CCN(Cc1cccn1Cc1ccc(F)cc1)C(=O)COc1ccc(Cl)cc1. The number of rotatable bonds is 9. The Morgan fingerprint density at radius 1 is 1.14 bits per heavy atom. The van der Waals surface area contributed by atoms with E-state index >= 15 is 0 Å². The molecule has 1 heterocycles. The summed E-state index contributed by atoms with van der Waals surface area (Å²) in [5.74, 6) is 0.181. The molecule has 0 aliphatic rings. The molecule has 0 radical (unpaired) electrons. The number of halogens is 2. The van der Waals surface area contributed by atoms with E-state index in [0.29, 0.717) is 30.4 Å². The van der Waals surface area contributed by atoms with Gasteiger partial charge in [0.1, 0.15) is 11.6 Å². The molecule has 2 aromatic carbocycles. The second-order valence-electron chi connectivity index (χ2n) is 6.56. The molecule has 0 saturated carbocycles. The van der Waals surface area contributed by atoms with Crippen LogP contribution in [0, 0.1) is 5.82 Å². The number of ether oxygens (including phenoxy) is 1. The van der Waals surface area contributed by atoms with Crippen molar-refractivity contribution in [3.8, 4) is 5.75 Å². The van der Waals surface area contributed by atoms with Crippen LogP contribution in [0.4, 0.5) is 4.39 Å². The third-order valence-electron chi connectivity index (χ3n) is 4.42. The van der Waals surface area contributed by atoms with E-state index in [2.05, 4.69) is 6.58 Å². The summed E-state index contributed by atoms with van der Waals surface area (Å²) >= 11 is 5.86. The molecule has 4 nitrogen and oxygen atoms in total. The van der Waals surface area contributed by atoms with Gasteiger partial charge in [-0.1, -0.05) is 29.8 Å². The molecular weight excluding hydrogens is 391 g/mol. The zero-order chi connectivity index (χ0) is 20.6. The molecule has 1 aromatic heterocycles. The van der Waals surface area contributed by atoms with Crippen molar-refractivity contribution in [1.82, 2.24) is 9.47 Å². The molecule has 0 saturated heterocycles. The maximum atomic E-state index is 13.1. The maximum absolute atomic E-state index is 13.1. The van der Waals surface area contributed by atoms with Gasteiger partial charge in [-0.3, -0.25) is 4.79 Å². The molecule has 1 amide bonds. The molecule has 6 heteroatoms. The second kappa shape index (κ2) is 9.94. The summed E-state index contributed by atoms with van der Waals surface area (Å²) in [4.78, 5) is 14.4. The van der Waals surface area contributed by atoms with Gasteiger partial charge < -0.3 is 14.2 Å². The standard InChI is InChI=1S/C23H22ClFN2O2/c1-2-13-27(23(28)17-29-22-11-7-19(24)8-12-22)16-21-4-3-14-26(21)15-18-5-9-20(25)10-6-18/h2-12,14H,1,13,15-17H2. The Hall–Kier alpha value is -3.05. The van der Waals surface area contributed by atoms with Crippen molar-refractivity contribution < 1.29 is 13.9 Å². The van der Waals surface area contributed by atoms with Crippen molar-refractivity contribution >= 4 is 17.5 Å². The highest BCUT2D eigenvalue weighted by Gasteiger charge is 2.15. The Balaban J connectivity index is 1.64. The minimum Gasteiger partial charge on any atom is -0.484 e. The molecule has 0 fully saturated rings. The number of amides is 1. The molecular formula is C23H22ClFN2O2. The average molecular weight is 413 g/mol. The first-order chi connectivity index (χ1) is 14.0. The molecule has 0 aliphatic carbocycles. The molecule has 29 heavy (non-hydrogen) atoms. The van der Waals surface area contributed by atoms with Gasteiger partial charge in [-0.05, 0) is 54.1 Å². The van der Waals surface area contributed by atoms with E-state index < -0.39 is 0 Å². The lowest BCUT2D eigenvalue weighted by Gasteiger charge is -2.22. The Bertz CT molecular complexity index is 952. The van der Waals surface area contributed by atoms with Crippen LogP contribution in [0.15, 0.2) is 79.5 Å². The van der Waals surface area contributed by atoms with Crippen molar-refractivity contribution in [2.75, 3.05) is 13.2 Å². The van der Waals surface area contributed by atoms with Gasteiger partial charge >= 0.3 is 0 Å². The van der Waals surface area contributed by atoms with Crippen molar-refractivity contribution in [2.24, 2.45) is 0 Å². The molecule has 0 spiro atoms. The number of nitrogens with zero attached hydrogens (tertiary/aromatic N) is 2. The van der Waals surface area contributed by atoms with Gasteiger partial charge in [-0.25, -0.2) is 4.39 Å². The van der Waals surface area contributed by atoms with Crippen molar-refractivity contribution in [1.29, 1.82) is 0 Å². The lowest BCUT2D eigenvalue weighted by molar-refractivity contribution is -0.133. The van der Waals surface area contributed by atoms with Crippen LogP contribution >= 0.6 is 11.6 Å². The molecule has 3 aromatic rings. The molecule has 0 unspecified atom stereocenters. The van der Waals surface area contributed by atoms with Gasteiger partial charge in [0, 0.05) is 30.0 Å². The lowest BCUT2D eigenvalue weighted by Crippen LogP contribution is -2.35. The first kappa shape index (κ1) is 20.7. The molecule has 0 aliphatic heterocycles. The Labute approximate surface area is 174 Å². The van der Waals surface area contributed by atoms with Gasteiger partial charge in [0.2, 0.25) is 0 Å². The van der Waals surface area contributed by atoms with E-state index in [1.165, 1.54) is 12.1 Å². The quantitative estimate of drug-likeness (QED) is 0.467. The van der Waals surface area contributed by atoms with Crippen LogP contribution in [0.2, 0.25) is 5.02 Å². The third kappa shape index (κ3) is 5.96. The average Bonchev–Trinajstić information content (AvgIpc) is 3.15. The maximum Gasteiger partial charge on any atom is 0.261 e. The second-order valence-corrected chi connectivity index (χ2v) is 7.00. The summed E-state index contributed by atoms with van der Waals surface area (Å²) in [7, 11) is 0. The predicted octanol–water partition coefficient (Wildman–Crippen LogP) is 4.92. The number of hydrogen-bond donors (Lipinski definition) is 0. The fourth-order valence-corrected chi connectivity index (χ4v) is 3.03. The summed E-state index contributed by atoms with van der Waals surface area (Å²) in [6, 6.07) is 17.2. The van der Waals surface area contributed by atoms with E-state index in [1.54, 1.807) is 47.4 Å². The highest BCUT2D eigenvalue weighted by atomic mass is 35.5. The van der Waals surface area contributed by atoms with Crippen molar-refractivity contribution in [3.05, 3.63) is 102 Å². The van der Waals surface area contributed by atoms with Gasteiger partial charge in [0.15, 0.2) is 6.61 Å². The van der Waals surface area contributed by atoms with Crippen LogP contribution in [0.25, 0.3) is 0 Å². The van der Waals surface area contributed by atoms with E-state index in [-0.39, 0.29) is 18.3 Å². The topological polar surface area (TPSA) is 34.5 Å². The van der Waals surface area contributed by atoms with Crippen LogP contribution in [0.5, 0.6) is 5.75 Å². The highest BCUT2D eigenvalue weighted by Crippen LogP contribution is 2.16. The van der Waals surface area contributed by atoms with Gasteiger partial charge in [-0.2, -0.15) is 0 Å². The zero-order valence-electron chi connectivity index (χ0n) is 15.9.